The summed E-state index contributed by atoms with van der Waals surface area (Å²) >= 11 is 12.1. The molecule has 2 rings (SSSR count). The molecule has 0 aliphatic heterocycles. The lowest BCUT2D eigenvalue weighted by Gasteiger charge is -2.08. The summed E-state index contributed by atoms with van der Waals surface area (Å²) < 4.78 is 0. The number of carbonyl (C=O) groups excluding carboxylic acids is 1. The molecule has 0 spiro atoms. The molecule has 0 unspecified atom stereocenters. The molecule has 104 valence electrons. The van der Waals surface area contributed by atoms with Crippen molar-refractivity contribution >= 4 is 29.1 Å². The summed E-state index contributed by atoms with van der Waals surface area (Å²) in [7, 11) is 0. The van der Waals surface area contributed by atoms with Crippen LogP contribution in [0.5, 0.6) is 0 Å². The van der Waals surface area contributed by atoms with Crippen LogP contribution < -0.4 is 5.32 Å². The fraction of sp³-hybridized carbons (Fsp3) is 0.214. The van der Waals surface area contributed by atoms with Crippen LogP contribution in [0.25, 0.3) is 0 Å². The van der Waals surface area contributed by atoms with Crippen LogP contribution in [0, 0.1) is 6.92 Å². The topological polar surface area (TPSA) is 54.9 Å². The predicted molar refractivity (Wildman–Crippen MR) is 78.8 cm³/mol. The van der Waals surface area contributed by atoms with Crippen molar-refractivity contribution in [2.75, 3.05) is 0 Å². The first-order chi connectivity index (χ1) is 9.56. The van der Waals surface area contributed by atoms with Gasteiger partial charge in [0.2, 0.25) is 5.91 Å². The van der Waals surface area contributed by atoms with Crippen LogP contribution in [0.4, 0.5) is 0 Å². The van der Waals surface area contributed by atoms with E-state index in [1.54, 1.807) is 37.4 Å². The Bertz CT molecular complexity index is 611. The van der Waals surface area contributed by atoms with E-state index in [1.165, 1.54) is 0 Å². The van der Waals surface area contributed by atoms with Crippen LogP contribution in [-0.2, 0) is 17.8 Å². The number of carbonyl (C=O) groups is 1. The minimum Gasteiger partial charge on any atom is -0.350 e. The highest BCUT2D eigenvalue weighted by atomic mass is 35.5. The molecule has 0 aliphatic carbocycles. The summed E-state index contributed by atoms with van der Waals surface area (Å²) in [4.78, 5) is 20.1. The van der Waals surface area contributed by atoms with Crippen molar-refractivity contribution in [2.45, 2.75) is 19.9 Å². The maximum absolute atomic E-state index is 11.9. The third-order valence-electron chi connectivity index (χ3n) is 2.70. The molecule has 4 nitrogen and oxygen atoms in total. The van der Waals surface area contributed by atoms with Gasteiger partial charge in [0.15, 0.2) is 0 Å². The molecule has 20 heavy (non-hydrogen) atoms. The summed E-state index contributed by atoms with van der Waals surface area (Å²) in [5, 5.41) is 3.77. The average molecular weight is 310 g/mol. The number of aryl methyl sites for hydroxylation is 1. The van der Waals surface area contributed by atoms with Crippen molar-refractivity contribution in [3.63, 3.8) is 0 Å². The molecule has 0 saturated heterocycles. The Morgan fingerprint density at radius 3 is 2.60 bits per heavy atom. The van der Waals surface area contributed by atoms with E-state index in [1.807, 2.05) is 0 Å². The molecule has 0 aliphatic rings. The molecule has 1 amide bonds. The summed E-state index contributed by atoms with van der Waals surface area (Å²) in [6, 6.07) is 6.93. The molecule has 0 saturated carbocycles. The van der Waals surface area contributed by atoms with Gasteiger partial charge in [0, 0.05) is 16.2 Å². The Hall–Kier alpha value is -1.65. The first-order valence-corrected chi connectivity index (χ1v) is 6.80. The third kappa shape index (κ3) is 3.92. The number of amides is 1. The molecule has 0 fully saturated rings. The Morgan fingerprint density at radius 1 is 1.25 bits per heavy atom. The zero-order chi connectivity index (χ0) is 14.5. The molecule has 2 aromatic rings. The summed E-state index contributed by atoms with van der Waals surface area (Å²) in [5.74, 6) is 0.516. The van der Waals surface area contributed by atoms with Gasteiger partial charge in [-0.2, -0.15) is 0 Å². The number of hydrogen-bond acceptors (Lipinski definition) is 3. The van der Waals surface area contributed by atoms with Gasteiger partial charge in [0.05, 0.1) is 18.7 Å². The van der Waals surface area contributed by atoms with Crippen LogP contribution in [-0.4, -0.2) is 15.9 Å². The standard InChI is InChI=1S/C14H13Cl2N3O/c1-9-17-6-5-10(19-9)8-18-14(20)7-11-12(15)3-2-4-13(11)16/h2-6H,7-8H2,1H3,(H,18,20). The number of aromatic nitrogens is 2. The largest absolute Gasteiger partial charge is 0.350 e. The van der Waals surface area contributed by atoms with E-state index >= 15 is 0 Å². The van der Waals surface area contributed by atoms with E-state index in [-0.39, 0.29) is 12.3 Å². The quantitative estimate of drug-likeness (QED) is 0.944. The van der Waals surface area contributed by atoms with Crippen molar-refractivity contribution < 1.29 is 4.79 Å². The van der Waals surface area contributed by atoms with Crippen molar-refractivity contribution in [3.8, 4) is 0 Å². The number of rotatable bonds is 4. The lowest BCUT2D eigenvalue weighted by molar-refractivity contribution is -0.120. The number of nitrogens with one attached hydrogen (secondary N) is 1. The van der Waals surface area contributed by atoms with Gasteiger partial charge >= 0.3 is 0 Å². The molecule has 0 atom stereocenters. The Balaban J connectivity index is 1.96. The molecule has 1 heterocycles. The monoisotopic (exact) mass is 309 g/mol. The van der Waals surface area contributed by atoms with Gasteiger partial charge in [0.1, 0.15) is 5.82 Å². The molecule has 1 N–H and O–H groups in total. The van der Waals surface area contributed by atoms with Gasteiger partial charge in [0.25, 0.3) is 0 Å². The molecule has 1 aromatic heterocycles. The summed E-state index contributed by atoms with van der Waals surface area (Å²) in [6.07, 6.45) is 1.80. The number of nitrogens with zero attached hydrogens (tertiary/aromatic N) is 2. The van der Waals surface area contributed by atoms with Crippen LogP contribution in [0.1, 0.15) is 17.1 Å². The summed E-state index contributed by atoms with van der Waals surface area (Å²) in [6.45, 7) is 2.15. The smallest absolute Gasteiger partial charge is 0.224 e. The normalized spacial score (nSPS) is 10.3. The van der Waals surface area contributed by atoms with Gasteiger partial charge in [-0.15, -0.1) is 0 Å². The minimum atomic E-state index is -0.156. The Labute approximate surface area is 127 Å². The van der Waals surface area contributed by atoms with Gasteiger partial charge in [-0.3, -0.25) is 4.79 Å². The van der Waals surface area contributed by atoms with E-state index < -0.39 is 0 Å². The number of benzene rings is 1. The van der Waals surface area contributed by atoms with Crippen LogP contribution in [0.2, 0.25) is 10.0 Å². The first-order valence-electron chi connectivity index (χ1n) is 6.04. The van der Waals surface area contributed by atoms with Crippen molar-refractivity contribution in [1.82, 2.24) is 15.3 Å². The SMILES string of the molecule is Cc1nccc(CNC(=O)Cc2c(Cl)cccc2Cl)n1. The van der Waals surface area contributed by atoms with Crippen LogP contribution in [0.15, 0.2) is 30.5 Å². The Kier molecular flexibility index (Phi) is 4.93. The second-order valence-corrected chi connectivity index (χ2v) is 5.06. The fourth-order valence-electron chi connectivity index (χ4n) is 1.72. The highest BCUT2D eigenvalue weighted by Crippen LogP contribution is 2.24. The van der Waals surface area contributed by atoms with E-state index in [2.05, 4.69) is 15.3 Å². The summed E-state index contributed by atoms with van der Waals surface area (Å²) in [5.41, 5.74) is 1.39. The van der Waals surface area contributed by atoms with Crippen molar-refractivity contribution in [2.24, 2.45) is 0 Å². The van der Waals surface area contributed by atoms with Gasteiger partial charge < -0.3 is 5.32 Å². The second-order valence-electron chi connectivity index (χ2n) is 4.25. The van der Waals surface area contributed by atoms with E-state index in [0.29, 0.717) is 28.0 Å². The predicted octanol–water partition coefficient (Wildman–Crippen LogP) is 2.95. The van der Waals surface area contributed by atoms with E-state index in [4.69, 9.17) is 23.2 Å². The zero-order valence-electron chi connectivity index (χ0n) is 10.9. The highest BCUT2D eigenvalue weighted by molar-refractivity contribution is 6.36. The first kappa shape index (κ1) is 14.8. The zero-order valence-corrected chi connectivity index (χ0v) is 12.4. The molecule has 0 bridgehead atoms. The Morgan fingerprint density at radius 2 is 1.95 bits per heavy atom. The van der Waals surface area contributed by atoms with Crippen LogP contribution >= 0.6 is 23.2 Å². The third-order valence-corrected chi connectivity index (χ3v) is 3.41. The maximum atomic E-state index is 11.9. The van der Waals surface area contributed by atoms with Gasteiger partial charge in [-0.25, -0.2) is 9.97 Å². The highest BCUT2D eigenvalue weighted by Gasteiger charge is 2.10. The average Bonchev–Trinajstić information content (AvgIpc) is 2.41. The molecule has 6 heteroatoms. The van der Waals surface area contributed by atoms with Gasteiger partial charge in [-0.1, -0.05) is 29.3 Å². The van der Waals surface area contributed by atoms with Gasteiger partial charge in [-0.05, 0) is 30.7 Å². The van der Waals surface area contributed by atoms with E-state index in [0.717, 1.165) is 5.69 Å². The molecule has 1 aromatic carbocycles. The fourth-order valence-corrected chi connectivity index (χ4v) is 2.25. The number of hydrogen-bond donors (Lipinski definition) is 1. The van der Waals surface area contributed by atoms with Crippen molar-refractivity contribution in [3.05, 3.63) is 57.6 Å². The minimum absolute atomic E-state index is 0.141. The van der Waals surface area contributed by atoms with Crippen molar-refractivity contribution in [1.29, 1.82) is 0 Å². The maximum Gasteiger partial charge on any atom is 0.224 e. The molecule has 0 radical (unpaired) electrons. The second kappa shape index (κ2) is 6.68. The van der Waals surface area contributed by atoms with E-state index in [9.17, 15) is 4.79 Å². The molecular weight excluding hydrogens is 297 g/mol. The lowest BCUT2D eigenvalue weighted by atomic mass is 10.1. The van der Waals surface area contributed by atoms with Crippen LogP contribution in [0.3, 0.4) is 0 Å². The molecular formula is C14H13Cl2N3O. The number of halogens is 2. The lowest BCUT2D eigenvalue weighted by Crippen LogP contribution is -2.25.